The van der Waals surface area contributed by atoms with Crippen molar-refractivity contribution in [3.8, 4) is 0 Å². The molecule has 0 spiro atoms. The summed E-state index contributed by atoms with van der Waals surface area (Å²) >= 11 is 0. The molecular formula is C17H22O10. The molecule has 0 saturated carbocycles. The average molecular weight is 386 g/mol. The molecule has 10 nitrogen and oxygen atoms in total. The second kappa shape index (κ2) is 9.15. The third kappa shape index (κ3) is 6.39. The molecule has 1 aliphatic carbocycles. The van der Waals surface area contributed by atoms with Crippen molar-refractivity contribution in [3.05, 3.63) is 12.2 Å². The van der Waals surface area contributed by atoms with Crippen molar-refractivity contribution in [2.24, 2.45) is 0 Å². The van der Waals surface area contributed by atoms with E-state index in [0.29, 0.717) is 0 Å². The summed E-state index contributed by atoms with van der Waals surface area (Å²) in [5.74, 6) is -3.66. The molecule has 27 heavy (non-hydrogen) atoms. The Morgan fingerprint density at radius 2 is 1.33 bits per heavy atom. The predicted octanol–water partition coefficient (Wildman–Crippen LogP) is 0.216. The number of ether oxygens (including phenoxy) is 5. The monoisotopic (exact) mass is 386 g/mol. The summed E-state index contributed by atoms with van der Waals surface area (Å²) in [4.78, 5) is 57.5. The van der Waals surface area contributed by atoms with E-state index in [1.165, 1.54) is 12.2 Å². The standard InChI is InChI=1S/C17H22O10/c1-9(18)23-8-17(27-13(5)22)7-6-14(24-10(2)19)15(25-11(3)20)16(17)26-12(4)21/h6-7,14-16H,8H2,1-5H3/t14-,15-,16+,17-/m1/s1. The van der Waals surface area contributed by atoms with Crippen molar-refractivity contribution >= 4 is 29.8 Å². The summed E-state index contributed by atoms with van der Waals surface area (Å²) in [6, 6.07) is 0. The van der Waals surface area contributed by atoms with E-state index in [1.54, 1.807) is 0 Å². The van der Waals surface area contributed by atoms with E-state index in [9.17, 15) is 24.0 Å². The Labute approximate surface area is 155 Å². The van der Waals surface area contributed by atoms with Gasteiger partial charge in [0.2, 0.25) is 5.60 Å². The Morgan fingerprint density at radius 3 is 1.78 bits per heavy atom. The van der Waals surface area contributed by atoms with Crippen LogP contribution in [0.5, 0.6) is 0 Å². The van der Waals surface area contributed by atoms with Crippen LogP contribution in [0, 0.1) is 0 Å². The van der Waals surface area contributed by atoms with Crippen LogP contribution in [0.15, 0.2) is 12.2 Å². The van der Waals surface area contributed by atoms with Gasteiger partial charge >= 0.3 is 29.8 Å². The summed E-state index contributed by atoms with van der Waals surface area (Å²) in [7, 11) is 0. The lowest BCUT2D eigenvalue weighted by atomic mass is 9.84. The van der Waals surface area contributed by atoms with E-state index in [-0.39, 0.29) is 0 Å². The highest BCUT2D eigenvalue weighted by Crippen LogP contribution is 2.34. The molecule has 150 valence electrons. The van der Waals surface area contributed by atoms with E-state index in [1.807, 2.05) is 0 Å². The third-order valence-corrected chi connectivity index (χ3v) is 3.40. The minimum Gasteiger partial charge on any atom is -0.461 e. The molecule has 0 N–H and O–H groups in total. The van der Waals surface area contributed by atoms with Gasteiger partial charge in [-0.3, -0.25) is 24.0 Å². The van der Waals surface area contributed by atoms with Crippen molar-refractivity contribution in [2.75, 3.05) is 6.61 Å². The second-order valence-corrected chi connectivity index (χ2v) is 5.87. The van der Waals surface area contributed by atoms with Crippen molar-refractivity contribution in [3.63, 3.8) is 0 Å². The topological polar surface area (TPSA) is 132 Å². The van der Waals surface area contributed by atoms with Crippen LogP contribution >= 0.6 is 0 Å². The molecule has 1 aliphatic rings. The van der Waals surface area contributed by atoms with Crippen LogP contribution < -0.4 is 0 Å². The quantitative estimate of drug-likeness (QED) is 0.355. The van der Waals surface area contributed by atoms with Crippen LogP contribution in [-0.2, 0) is 47.7 Å². The van der Waals surface area contributed by atoms with Crippen molar-refractivity contribution in [1.82, 2.24) is 0 Å². The van der Waals surface area contributed by atoms with E-state index in [0.717, 1.165) is 34.6 Å². The van der Waals surface area contributed by atoms with Crippen LogP contribution in [0.4, 0.5) is 0 Å². The van der Waals surface area contributed by atoms with Gasteiger partial charge in [0.1, 0.15) is 6.61 Å². The van der Waals surface area contributed by atoms with Crippen LogP contribution in [0.2, 0.25) is 0 Å². The molecule has 0 saturated heterocycles. The fourth-order valence-corrected chi connectivity index (χ4v) is 2.61. The summed E-state index contributed by atoms with van der Waals surface area (Å²) in [5, 5.41) is 0. The highest BCUT2D eigenvalue weighted by molar-refractivity contribution is 5.70. The number of esters is 5. The number of carbonyl (C=O) groups is 5. The van der Waals surface area contributed by atoms with E-state index >= 15 is 0 Å². The van der Waals surface area contributed by atoms with E-state index < -0.39 is 60.4 Å². The highest BCUT2D eigenvalue weighted by Gasteiger charge is 2.55. The van der Waals surface area contributed by atoms with Gasteiger partial charge in [-0.15, -0.1) is 0 Å². The van der Waals surface area contributed by atoms with Gasteiger partial charge in [-0.05, 0) is 12.2 Å². The Morgan fingerprint density at radius 1 is 0.778 bits per heavy atom. The van der Waals surface area contributed by atoms with Crippen LogP contribution in [-0.4, -0.2) is 60.4 Å². The molecule has 0 bridgehead atoms. The van der Waals surface area contributed by atoms with Gasteiger partial charge in [-0.25, -0.2) is 0 Å². The summed E-state index contributed by atoms with van der Waals surface area (Å²) in [6.07, 6.45) is -1.30. The van der Waals surface area contributed by atoms with Gasteiger partial charge in [-0.1, -0.05) is 0 Å². The van der Waals surface area contributed by atoms with E-state index in [2.05, 4.69) is 0 Å². The molecule has 0 aliphatic heterocycles. The zero-order valence-electron chi connectivity index (χ0n) is 15.7. The zero-order chi connectivity index (χ0) is 20.8. The lowest BCUT2D eigenvalue weighted by Crippen LogP contribution is -2.62. The van der Waals surface area contributed by atoms with Gasteiger partial charge < -0.3 is 23.7 Å². The molecule has 4 atom stereocenters. The molecular weight excluding hydrogens is 364 g/mol. The Balaban J connectivity index is 3.47. The average Bonchev–Trinajstić information content (AvgIpc) is 2.49. The molecule has 0 unspecified atom stereocenters. The van der Waals surface area contributed by atoms with Gasteiger partial charge in [-0.2, -0.15) is 0 Å². The molecule has 10 heteroatoms. The fraction of sp³-hybridized carbons (Fsp3) is 0.588. The molecule has 0 heterocycles. The van der Waals surface area contributed by atoms with Gasteiger partial charge in [0.25, 0.3) is 0 Å². The lowest BCUT2D eigenvalue weighted by Gasteiger charge is -2.43. The molecule has 1 rings (SSSR count). The van der Waals surface area contributed by atoms with Crippen molar-refractivity contribution < 1.29 is 47.7 Å². The summed E-state index contributed by atoms with van der Waals surface area (Å²) in [6.45, 7) is 5.07. The Hall–Kier alpha value is -2.91. The normalized spacial score (nSPS) is 26.5. The number of hydrogen-bond donors (Lipinski definition) is 0. The molecule has 0 aromatic rings. The van der Waals surface area contributed by atoms with E-state index in [4.69, 9.17) is 23.7 Å². The largest absolute Gasteiger partial charge is 0.461 e. The molecule has 0 amide bonds. The minimum absolute atomic E-state index is 0.513. The maximum Gasteiger partial charge on any atom is 0.303 e. The van der Waals surface area contributed by atoms with Crippen molar-refractivity contribution in [2.45, 2.75) is 58.5 Å². The molecule has 0 fully saturated rings. The zero-order valence-corrected chi connectivity index (χ0v) is 15.7. The SMILES string of the molecule is CC(=O)OC[C@]1(OC(C)=O)C=C[C@@H](OC(C)=O)[C@@H](OC(C)=O)[C@@H]1OC(C)=O. The maximum absolute atomic E-state index is 11.7. The summed E-state index contributed by atoms with van der Waals surface area (Å²) in [5.41, 5.74) is -1.78. The van der Waals surface area contributed by atoms with Crippen LogP contribution in [0.25, 0.3) is 0 Å². The van der Waals surface area contributed by atoms with Crippen LogP contribution in [0.1, 0.15) is 34.6 Å². The number of rotatable bonds is 6. The van der Waals surface area contributed by atoms with Crippen LogP contribution in [0.3, 0.4) is 0 Å². The predicted molar refractivity (Wildman–Crippen MR) is 86.9 cm³/mol. The third-order valence-electron chi connectivity index (χ3n) is 3.40. The molecule has 0 aromatic heterocycles. The molecule has 0 radical (unpaired) electrons. The number of hydrogen-bond acceptors (Lipinski definition) is 10. The highest BCUT2D eigenvalue weighted by atomic mass is 16.6. The second-order valence-electron chi connectivity index (χ2n) is 5.87. The van der Waals surface area contributed by atoms with Gasteiger partial charge in [0.05, 0.1) is 0 Å². The smallest absolute Gasteiger partial charge is 0.303 e. The maximum atomic E-state index is 11.7. The van der Waals surface area contributed by atoms with Crippen molar-refractivity contribution in [1.29, 1.82) is 0 Å². The Bertz CT molecular complexity index is 652. The first-order valence-electron chi connectivity index (χ1n) is 8.01. The lowest BCUT2D eigenvalue weighted by molar-refractivity contribution is -0.216. The Kier molecular flexibility index (Phi) is 7.50. The first-order valence-corrected chi connectivity index (χ1v) is 8.01. The summed E-state index contributed by atoms with van der Waals surface area (Å²) < 4.78 is 25.8. The van der Waals surface area contributed by atoms with Gasteiger partial charge in [0.15, 0.2) is 18.3 Å². The first kappa shape index (κ1) is 22.1. The minimum atomic E-state index is -1.78. The number of carbonyl (C=O) groups excluding carboxylic acids is 5. The fourth-order valence-electron chi connectivity index (χ4n) is 2.61. The molecule has 0 aromatic carbocycles. The first-order chi connectivity index (χ1) is 12.5. The van der Waals surface area contributed by atoms with Gasteiger partial charge in [0, 0.05) is 34.6 Å².